The van der Waals surface area contributed by atoms with Gasteiger partial charge in [-0.05, 0) is 43.2 Å². The highest BCUT2D eigenvalue weighted by atomic mass is 16.3. The number of primary amides is 1. The fourth-order valence-electron chi connectivity index (χ4n) is 4.67. The van der Waals surface area contributed by atoms with Crippen LogP contribution < -0.4 is 16.4 Å². The van der Waals surface area contributed by atoms with Crippen LogP contribution in [0.1, 0.15) is 47.3 Å². The topological polar surface area (TPSA) is 133 Å². The third-order valence-electron chi connectivity index (χ3n) is 6.56. The molecule has 2 amide bonds. The Hall–Kier alpha value is -3.04. The maximum absolute atomic E-state index is 12.6. The summed E-state index contributed by atoms with van der Waals surface area (Å²) in [7, 11) is 0. The van der Waals surface area contributed by atoms with Gasteiger partial charge < -0.3 is 21.5 Å². The van der Waals surface area contributed by atoms with Crippen LogP contribution in [0.4, 0.5) is 5.82 Å². The molecule has 9 nitrogen and oxygen atoms in total. The Bertz CT molecular complexity index is 976. The van der Waals surface area contributed by atoms with Crippen molar-refractivity contribution in [2.45, 2.75) is 50.8 Å². The smallest absolute Gasteiger partial charge is 0.270 e. The number of nitrogens with zero attached hydrogens (tertiary/aromatic N) is 3. The molecule has 0 saturated heterocycles. The zero-order chi connectivity index (χ0) is 23.2. The highest BCUT2D eigenvalue weighted by Crippen LogP contribution is 2.26. The predicted octanol–water partition coefficient (Wildman–Crippen LogP) is 1.08. The number of nitrogens with one attached hydrogen (secondary N) is 2. The van der Waals surface area contributed by atoms with Gasteiger partial charge in [-0.3, -0.25) is 14.5 Å². The SMILES string of the molecule is NC(=O)C1CCC(Nc2cc(C(=O)NC[C@H](O)CN3CCc4ccccc4C3)ncn2)CC1. The number of carbonyl (C=O) groups is 2. The van der Waals surface area contributed by atoms with Gasteiger partial charge in [0.1, 0.15) is 17.8 Å². The Balaban J connectivity index is 1.23. The number of hydrogen-bond acceptors (Lipinski definition) is 7. The Morgan fingerprint density at radius 3 is 2.67 bits per heavy atom. The van der Waals surface area contributed by atoms with Crippen molar-refractivity contribution >= 4 is 17.6 Å². The number of aliphatic hydroxyl groups is 1. The van der Waals surface area contributed by atoms with Gasteiger partial charge in [-0.25, -0.2) is 9.97 Å². The van der Waals surface area contributed by atoms with E-state index in [4.69, 9.17) is 5.73 Å². The Kier molecular flexibility index (Phi) is 7.51. The highest BCUT2D eigenvalue weighted by Gasteiger charge is 2.25. The van der Waals surface area contributed by atoms with Crippen molar-refractivity contribution in [3.63, 3.8) is 0 Å². The van der Waals surface area contributed by atoms with E-state index < -0.39 is 6.10 Å². The lowest BCUT2D eigenvalue weighted by molar-refractivity contribution is -0.122. The summed E-state index contributed by atoms with van der Waals surface area (Å²) in [6.07, 6.45) is 4.82. The van der Waals surface area contributed by atoms with E-state index in [0.717, 1.165) is 45.2 Å². The van der Waals surface area contributed by atoms with Crippen molar-refractivity contribution in [3.8, 4) is 0 Å². The van der Waals surface area contributed by atoms with E-state index in [0.29, 0.717) is 12.4 Å². The zero-order valence-electron chi connectivity index (χ0n) is 18.7. The molecule has 4 rings (SSSR count). The molecule has 1 aromatic carbocycles. The number of benzene rings is 1. The van der Waals surface area contributed by atoms with Crippen LogP contribution in [0.3, 0.4) is 0 Å². The standard InChI is InChI=1S/C24H32N6O3/c25-23(32)17-5-7-19(8-6-17)29-22-11-21(27-15-28-22)24(33)26-12-20(31)14-30-10-9-16-3-1-2-4-18(16)13-30/h1-4,11,15,17,19-20,31H,5-10,12-14H2,(H2,25,32)(H,26,33)(H,27,28,29)/t17?,19?,20-/m0/s1. The first-order chi connectivity index (χ1) is 16.0. The second-order valence-electron chi connectivity index (χ2n) is 9.00. The molecule has 1 aliphatic carbocycles. The first-order valence-corrected chi connectivity index (χ1v) is 11.6. The Morgan fingerprint density at radius 1 is 1.15 bits per heavy atom. The lowest BCUT2D eigenvalue weighted by Gasteiger charge is -2.30. The molecule has 2 heterocycles. The quantitative estimate of drug-likeness (QED) is 0.471. The van der Waals surface area contributed by atoms with E-state index in [1.807, 2.05) is 6.07 Å². The summed E-state index contributed by atoms with van der Waals surface area (Å²) in [6.45, 7) is 2.35. The van der Waals surface area contributed by atoms with E-state index in [-0.39, 0.29) is 36.0 Å². The summed E-state index contributed by atoms with van der Waals surface area (Å²) in [4.78, 5) is 34.4. The first-order valence-electron chi connectivity index (χ1n) is 11.6. The Morgan fingerprint density at radius 2 is 1.91 bits per heavy atom. The van der Waals surface area contributed by atoms with Crippen molar-refractivity contribution in [2.75, 3.05) is 25.0 Å². The van der Waals surface area contributed by atoms with Crippen molar-refractivity contribution in [3.05, 3.63) is 53.5 Å². The minimum Gasteiger partial charge on any atom is -0.390 e. The maximum atomic E-state index is 12.6. The molecule has 0 unspecified atom stereocenters. The molecule has 1 fully saturated rings. The third kappa shape index (κ3) is 6.27. The molecule has 0 bridgehead atoms. The normalized spacial score (nSPS) is 21.6. The van der Waals surface area contributed by atoms with Crippen molar-refractivity contribution < 1.29 is 14.7 Å². The predicted molar refractivity (Wildman–Crippen MR) is 124 cm³/mol. The van der Waals surface area contributed by atoms with Crippen molar-refractivity contribution in [1.82, 2.24) is 20.2 Å². The van der Waals surface area contributed by atoms with E-state index in [9.17, 15) is 14.7 Å². The van der Waals surface area contributed by atoms with Gasteiger partial charge >= 0.3 is 0 Å². The summed E-state index contributed by atoms with van der Waals surface area (Å²) in [5, 5.41) is 16.5. The minimum atomic E-state index is -0.668. The second kappa shape index (κ2) is 10.7. The molecule has 2 aliphatic rings. The molecule has 1 saturated carbocycles. The molecule has 1 aromatic heterocycles. The molecule has 1 atom stereocenters. The number of nitrogens with two attached hydrogens (primary N) is 1. The molecule has 0 spiro atoms. The molecule has 0 radical (unpaired) electrons. The third-order valence-corrected chi connectivity index (χ3v) is 6.56. The molecule has 33 heavy (non-hydrogen) atoms. The Labute approximate surface area is 193 Å². The van der Waals surface area contributed by atoms with Crippen LogP contribution in [0.25, 0.3) is 0 Å². The van der Waals surface area contributed by atoms with Crippen LogP contribution in [0.15, 0.2) is 36.7 Å². The summed E-state index contributed by atoms with van der Waals surface area (Å²) in [5.41, 5.74) is 8.30. The molecule has 9 heteroatoms. The van der Waals surface area contributed by atoms with Gasteiger partial charge in [0.2, 0.25) is 5.91 Å². The van der Waals surface area contributed by atoms with Gasteiger partial charge in [0, 0.05) is 44.2 Å². The number of rotatable bonds is 8. The molecule has 2 aromatic rings. The van der Waals surface area contributed by atoms with Crippen LogP contribution in [0, 0.1) is 5.92 Å². The van der Waals surface area contributed by atoms with Gasteiger partial charge in [0.15, 0.2) is 0 Å². The lowest BCUT2D eigenvalue weighted by Crippen LogP contribution is -2.42. The maximum Gasteiger partial charge on any atom is 0.270 e. The average molecular weight is 453 g/mol. The van der Waals surface area contributed by atoms with Crippen LogP contribution in [-0.4, -0.2) is 63.6 Å². The molecular weight excluding hydrogens is 420 g/mol. The van der Waals surface area contributed by atoms with Gasteiger partial charge in [0.25, 0.3) is 5.91 Å². The number of aliphatic hydroxyl groups excluding tert-OH is 1. The van der Waals surface area contributed by atoms with Crippen LogP contribution in [0.5, 0.6) is 0 Å². The highest BCUT2D eigenvalue weighted by molar-refractivity contribution is 5.92. The van der Waals surface area contributed by atoms with E-state index in [1.165, 1.54) is 17.5 Å². The number of fused-ring (bicyclic) bond motifs is 1. The van der Waals surface area contributed by atoms with E-state index >= 15 is 0 Å². The molecule has 176 valence electrons. The van der Waals surface area contributed by atoms with E-state index in [2.05, 4.69) is 43.7 Å². The van der Waals surface area contributed by atoms with Gasteiger partial charge in [0.05, 0.1) is 6.10 Å². The van der Waals surface area contributed by atoms with Crippen LogP contribution in [-0.2, 0) is 17.8 Å². The van der Waals surface area contributed by atoms with Crippen molar-refractivity contribution in [1.29, 1.82) is 0 Å². The van der Waals surface area contributed by atoms with Crippen molar-refractivity contribution in [2.24, 2.45) is 11.7 Å². The average Bonchev–Trinajstić information content (AvgIpc) is 2.83. The van der Waals surface area contributed by atoms with Gasteiger partial charge in [-0.1, -0.05) is 24.3 Å². The number of anilines is 1. The van der Waals surface area contributed by atoms with E-state index in [1.54, 1.807) is 6.07 Å². The van der Waals surface area contributed by atoms with Crippen LogP contribution in [0.2, 0.25) is 0 Å². The summed E-state index contributed by atoms with van der Waals surface area (Å²) in [6, 6.07) is 10.2. The monoisotopic (exact) mass is 452 g/mol. The fraction of sp³-hybridized carbons (Fsp3) is 0.500. The molecule has 1 aliphatic heterocycles. The minimum absolute atomic E-state index is 0.0547. The second-order valence-corrected chi connectivity index (χ2v) is 9.00. The summed E-state index contributed by atoms with van der Waals surface area (Å²) in [5.74, 6) is -0.0613. The number of β-amino-alcohol motifs (C(OH)–C–C–N with tert-alkyl or cyclic N) is 1. The summed E-state index contributed by atoms with van der Waals surface area (Å²) < 4.78 is 0. The first kappa shape index (κ1) is 23.1. The lowest BCUT2D eigenvalue weighted by atomic mass is 9.85. The molecule has 5 N–H and O–H groups in total. The number of carbonyl (C=O) groups excluding carboxylic acids is 2. The fourth-order valence-corrected chi connectivity index (χ4v) is 4.67. The zero-order valence-corrected chi connectivity index (χ0v) is 18.7. The summed E-state index contributed by atoms with van der Waals surface area (Å²) >= 11 is 0. The number of aromatic nitrogens is 2. The largest absolute Gasteiger partial charge is 0.390 e. The number of amides is 2. The number of hydrogen-bond donors (Lipinski definition) is 4. The molecular formula is C24H32N6O3. The van der Waals surface area contributed by atoms with Gasteiger partial charge in [-0.2, -0.15) is 0 Å². The van der Waals surface area contributed by atoms with Gasteiger partial charge in [-0.15, -0.1) is 0 Å². The van der Waals surface area contributed by atoms with Crippen LogP contribution >= 0.6 is 0 Å².